The normalized spacial score (nSPS) is 11.4. The second kappa shape index (κ2) is 10.2. The van der Waals surface area contributed by atoms with Crippen molar-refractivity contribution in [1.29, 1.82) is 0 Å². The van der Waals surface area contributed by atoms with Gasteiger partial charge in [0.1, 0.15) is 17.4 Å². The average molecular weight is 492 g/mol. The van der Waals surface area contributed by atoms with E-state index in [9.17, 15) is 22.4 Å². The number of benzene rings is 1. The van der Waals surface area contributed by atoms with Crippen molar-refractivity contribution in [1.82, 2.24) is 10.3 Å². The second-order valence-corrected chi connectivity index (χ2v) is 9.49. The molecule has 0 spiro atoms. The molecule has 0 bridgehead atoms. The van der Waals surface area contributed by atoms with Crippen LogP contribution in [-0.4, -0.2) is 52.2 Å². The highest BCUT2D eigenvalue weighted by Gasteiger charge is 2.27. The summed E-state index contributed by atoms with van der Waals surface area (Å²) >= 11 is 0. The average Bonchev–Trinajstić information content (AvgIpc) is 3.18. The number of carbonyl (C=O) groups is 2. The van der Waals surface area contributed by atoms with Crippen LogP contribution in [-0.2, 0) is 26.0 Å². The molecule has 1 amide bonds. The highest BCUT2D eigenvalue weighted by atomic mass is 32.2. The van der Waals surface area contributed by atoms with E-state index in [0.29, 0.717) is 22.9 Å². The first-order valence-corrected chi connectivity index (χ1v) is 12.4. The van der Waals surface area contributed by atoms with E-state index in [0.717, 1.165) is 10.6 Å². The quantitative estimate of drug-likeness (QED) is 0.456. The van der Waals surface area contributed by atoms with Crippen molar-refractivity contribution >= 4 is 38.8 Å². The number of nitrogens with one attached hydrogen (secondary N) is 1. The van der Waals surface area contributed by atoms with Gasteiger partial charge in [0.05, 0.1) is 24.3 Å². The molecule has 9 nitrogen and oxygen atoms in total. The van der Waals surface area contributed by atoms with Gasteiger partial charge in [-0.3, -0.25) is 13.9 Å². The highest BCUT2D eigenvalue weighted by molar-refractivity contribution is 7.92. The number of halogens is 1. The fraction of sp³-hybridized carbons (Fsp3) is 0.348. The summed E-state index contributed by atoms with van der Waals surface area (Å²) in [4.78, 5) is 28.7. The molecule has 0 saturated carbocycles. The molecular weight excluding hydrogens is 465 g/mol. The van der Waals surface area contributed by atoms with Crippen molar-refractivity contribution in [3.05, 3.63) is 47.3 Å². The summed E-state index contributed by atoms with van der Waals surface area (Å²) < 4.78 is 50.3. The summed E-state index contributed by atoms with van der Waals surface area (Å²) in [7, 11) is -1.01. The number of rotatable bonds is 9. The van der Waals surface area contributed by atoms with Crippen molar-refractivity contribution in [3.8, 4) is 11.3 Å². The van der Waals surface area contributed by atoms with Gasteiger partial charge in [-0.05, 0) is 48.7 Å². The Bertz CT molecular complexity index is 1320. The number of ether oxygens (including phenoxy) is 1. The summed E-state index contributed by atoms with van der Waals surface area (Å²) in [6.07, 6.45) is 1.75. The third-order valence-electron chi connectivity index (χ3n) is 5.29. The third kappa shape index (κ3) is 5.19. The zero-order valence-electron chi connectivity index (χ0n) is 19.3. The maximum absolute atomic E-state index is 13.4. The Hall–Kier alpha value is -3.47. The maximum Gasteiger partial charge on any atom is 0.305 e. The van der Waals surface area contributed by atoms with Crippen molar-refractivity contribution in [3.63, 3.8) is 0 Å². The van der Waals surface area contributed by atoms with Crippen molar-refractivity contribution < 1.29 is 31.6 Å². The Morgan fingerprint density at radius 1 is 1.24 bits per heavy atom. The Morgan fingerprint density at radius 2 is 1.91 bits per heavy atom. The minimum absolute atomic E-state index is 0.00721. The number of anilines is 1. The van der Waals surface area contributed by atoms with Crippen molar-refractivity contribution in [2.24, 2.45) is 0 Å². The lowest BCUT2D eigenvalue weighted by Crippen LogP contribution is -2.33. The van der Waals surface area contributed by atoms with E-state index in [4.69, 9.17) is 4.42 Å². The molecule has 2 aromatic heterocycles. The number of amides is 1. The van der Waals surface area contributed by atoms with Crippen LogP contribution >= 0.6 is 0 Å². The van der Waals surface area contributed by atoms with Crippen molar-refractivity contribution in [2.45, 2.75) is 26.2 Å². The molecular formula is C23H26FN3O6S. The minimum Gasteiger partial charge on any atom is -0.469 e. The van der Waals surface area contributed by atoms with Crippen LogP contribution in [0.4, 0.5) is 10.2 Å². The van der Waals surface area contributed by atoms with Gasteiger partial charge in [0.25, 0.3) is 5.91 Å². The van der Waals surface area contributed by atoms with E-state index in [1.54, 1.807) is 6.07 Å². The van der Waals surface area contributed by atoms with Gasteiger partial charge in [0.2, 0.25) is 15.7 Å². The molecule has 0 aliphatic heterocycles. The van der Waals surface area contributed by atoms with Gasteiger partial charge in [-0.1, -0.05) is 6.92 Å². The lowest BCUT2D eigenvalue weighted by molar-refractivity contribution is -0.140. The summed E-state index contributed by atoms with van der Waals surface area (Å²) in [6.45, 7) is 1.84. The van der Waals surface area contributed by atoms with E-state index >= 15 is 0 Å². The number of pyridine rings is 1. The third-order valence-corrected chi connectivity index (χ3v) is 6.44. The Morgan fingerprint density at radius 3 is 2.47 bits per heavy atom. The molecule has 3 rings (SSSR count). The van der Waals surface area contributed by atoms with Crippen LogP contribution in [0.5, 0.6) is 0 Å². The van der Waals surface area contributed by atoms with Gasteiger partial charge in [0.15, 0.2) is 0 Å². The molecule has 34 heavy (non-hydrogen) atoms. The standard InChI is InChI=1S/C23H26FN3O6S/c1-5-14-13-17-19(22(29)25-2)20(15-8-10-16(24)11-9-15)33-23(17)26-21(14)27(34(4,30)31)12-6-7-18(28)32-3/h8-11,13H,5-7,12H2,1-4H3,(H,25,29). The fourth-order valence-electron chi connectivity index (χ4n) is 3.58. The van der Waals surface area contributed by atoms with Crippen LogP contribution in [0.15, 0.2) is 34.7 Å². The molecule has 182 valence electrons. The summed E-state index contributed by atoms with van der Waals surface area (Å²) in [5.41, 5.74) is 1.32. The molecule has 0 atom stereocenters. The van der Waals surface area contributed by atoms with Gasteiger partial charge in [-0.15, -0.1) is 0 Å². The van der Waals surface area contributed by atoms with E-state index in [1.165, 1.54) is 38.4 Å². The number of nitrogens with zero attached hydrogens (tertiary/aromatic N) is 2. The molecule has 11 heteroatoms. The van der Waals surface area contributed by atoms with E-state index < -0.39 is 27.7 Å². The molecule has 0 radical (unpaired) electrons. The van der Waals surface area contributed by atoms with Crippen LogP contribution in [0.3, 0.4) is 0 Å². The first kappa shape index (κ1) is 25.2. The molecule has 0 fully saturated rings. The van der Waals surface area contributed by atoms with E-state index in [2.05, 4.69) is 15.0 Å². The topological polar surface area (TPSA) is 119 Å². The predicted molar refractivity (Wildman–Crippen MR) is 126 cm³/mol. The number of aryl methyl sites for hydroxylation is 1. The lowest BCUT2D eigenvalue weighted by atomic mass is 10.0. The number of sulfonamides is 1. The summed E-state index contributed by atoms with van der Waals surface area (Å²) in [5, 5.41) is 2.98. The number of esters is 1. The van der Waals surface area contributed by atoms with Gasteiger partial charge < -0.3 is 14.5 Å². The Balaban J connectivity index is 2.19. The fourth-order valence-corrected chi connectivity index (χ4v) is 4.52. The lowest BCUT2D eigenvalue weighted by Gasteiger charge is -2.23. The Kier molecular flexibility index (Phi) is 7.55. The number of hydrogen-bond acceptors (Lipinski definition) is 7. The van der Waals surface area contributed by atoms with Crippen molar-refractivity contribution in [2.75, 3.05) is 31.3 Å². The highest BCUT2D eigenvalue weighted by Crippen LogP contribution is 2.36. The van der Waals surface area contributed by atoms with E-state index in [-0.39, 0.29) is 42.2 Å². The molecule has 1 aromatic carbocycles. The van der Waals surface area contributed by atoms with Crippen LogP contribution in [0, 0.1) is 5.82 Å². The first-order chi connectivity index (χ1) is 16.1. The molecule has 1 N–H and O–H groups in total. The minimum atomic E-state index is -3.75. The maximum atomic E-state index is 13.4. The van der Waals surface area contributed by atoms with Crippen LogP contribution in [0.2, 0.25) is 0 Å². The number of hydrogen-bond donors (Lipinski definition) is 1. The number of carbonyl (C=O) groups excluding carboxylic acids is 2. The summed E-state index contributed by atoms with van der Waals surface area (Å²) in [6, 6.07) is 7.14. The molecule has 3 aromatic rings. The van der Waals surface area contributed by atoms with E-state index in [1.807, 2.05) is 6.92 Å². The molecule has 0 aliphatic rings. The monoisotopic (exact) mass is 491 g/mol. The van der Waals surface area contributed by atoms with Gasteiger partial charge in [0, 0.05) is 25.6 Å². The summed E-state index contributed by atoms with van der Waals surface area (Å²) in [5.74, 6) is -0.959. The molecule has 0 aliphatic carbocycles. The molecule has 2 heterocycles. The molecule has 0 saturated heterocycles. The Labute approximate surface area is 197 Å². The van der Waals surface area contributed by atoms with Gasteiger partial charge in [-0.25, -0.2) is 12.8 Å². The number of furan rings is 1. The molecule has 0 unspecified atom stereocenters. The first-order valence-electron chi connectivity index (χ1n) is 10.6. The number of fused-ring (bicyclic) bond motifs is 1. The van der Waals surface area contributed by atoms with Crippen LogP contribution < -0.4 is 9.62 Å². The number of aromatic nitrogens is 1. The zero-order chi connectivity index (χ0) is 25.0. The van der Waals surface area contributed by atoms with Crippen LogP contribution in [0.1, 0.15) is 35.7 Å². The largest absolute Gasteiger partial charge is 0.469 e. The predicted octanol–water partition coefficient (Wildman–Crippen LogP) is 3.28. The SMILES string of the molecule is CCc1cc2c(C(=O)NC)c(-c3ccc(F)cc3)oc2nc1N(CCCC(=O)OC)S(C)(=O)=O. The smallest absolute Gasteiger partial charge is 0.305 e. The van der Waals surface area contributed by atoms with Crippen LogP contribution in [0.25, 0.3) is 22.4 Å². The van der Waals surface area contributed by atoms with Gasteiger partial charge >= 0.3 is 5.97 Å². The van der Waals surface area contributed by atoms with Gasteiger partial charge in [-0.2, -0.15) is 4.98 Å². The zero-order valence-corrected chi connectivity index (χ0v) is 20.2. The number of methoxy groups -OCH3 is 1. The second-order valence-electron chi connectivity index (χ2n) is 7.58.